The molecule has 1 aromatic rings. The van der Waals surface area contributed by atoms with Crippen molar-refractivity contribution in [1.82, 2.24) is 10.2 Å². The van der Waals surface area contributed by atoms with Gasteiger partial charge < -0.3 is 0 Å². The van der Waals surface area contributed by atoms with Crippen LogP contribution in [0.4, 0.5) is 0 Å². The van der Waals surface area contributed by atoms with E-state index < -0.39 is 0 Å². The summed E-state index contributed by atoms with van der Waals surface area (Å²) in [5.41, 5.74) is 1.11. The van der Waals surface area contributed by atoms with Gasteiger partial charge in [-0.3, -0.25) is 5.10 Å². The molecule has 0 atom stereocenters. The van der Waals surface area contributed by atoms with E-state index in [4.69, 9.17) is 9.59 Å². The zero-order chi connectivity index (χ0) is 7.11. The number of hydrogen-bond donors (Lipinski definition) is 1. The van der Waals surface area contributed by atoms with E-state index in [1.54, 1.807) is 6.20 Å². The highest BCUT2D eigenvalue weighted by Crippen LogP contribution is 1.82. The molecule has 0 aromatic carbocycles. The second kappa shape index (κ2) is 4.74. The summed E-state index contributed by atoms with van der Waals surface area (Å²) in [6, 6.07) is 1.92. The number of nitrogens with one attached hydrogen (secondary N) is 1. The van der Waals surface area contributed by atoms with Gasteiger partial charge in [-0.1, -0.05) is 0 Å². The first-order valence-corrected chi connectivity index (χ1v) is 2.26. The highest BCUT2D eigenvalue weighted by atomic mass is 16.2. The van der Waals surface area contributed by atoms with Crippen molar-refractivity contribution in [3.63, 3.8) is 0 Å². The van der Waals surface area contributed by atoms with Crippen LogP contribution < -0.4 is 0 Å². The van der Waals surface area contributed by atoms with Crippen LogP contribution in [0.3, 0.4) is 0 Å². The molecule has 0 aliphatic heterocycles. The molecule has 0 fully saturated rings. The normalized spacial score (nSPS) is 6.78. The summed E-state index contributed by atoms with van der Waals surface area (Å²) >= 11 is 0. The zero-order valence-electron chi connectivity index (χ0n) is 4.92. The predicted molar refractivity (Wildman–Crippen MR) is 28.3 cm³/mol. The van der Waals surface area contributed by atoms with Crippen molar-refractivity contribution >= 4 is 6.15 Å². The van der Waals surface area contributed by atoms with Crippen molar-refractivity contribution in [2.75, 3.05) is 0 Å². The van der Waals surface area contributed by atoms with Crippen LogP contribution in [0.5, 0.6) is 0 Å². The van der Waals surface area contributed by atoms with E-state index in [1.807, 2.05) is 13.0 Å². The fourth-order valence-corrected chi connectivity index (χ4v) is 0.325. The Hall–Kier alpha value is -1.41. The number of aryl methyl sites for hydroxylation is 1. The second-order valence-electron chi connectivity index (χ2n) is 1.32. The lowest BCUT2D eigenvalue weighted by Crippen LogP contribution is -1.65. The lowest BCUT2D eigenvalue weighted by Gasteiger charge is -1.68. The number of rotatable bonds is 0. The largest absolute Gasteiger partial charge is 0.373 e. The molecule has 4 nitrogen and oxygen atoms in total. The first kappa shape index (κ1) is 7.59. The maximum atomic E-state index is 8.12. The second-order valence-corrected chi connectivity index (χ2v) is 1.32. The standard InChI is InChI=1S/C4H6N2.CO2/c1-4-2-3-5-6-4;2-1-3/h2-3H,1H3,(H,5,6);. The highest BCUT2D eigenvalue weighted by Gasteiger charge is 1.73. The van der Waals surface area contributed by atoms with Crippen LogP contribution in [-0.2, 0) is 9.59 Å². The Morgan fingerprint density at radius 3 is 2.33 bits per heavy atom. The van der Waals surface area contributed by atoms with Gasteiger partial charge in [-0.2, -0.15) is 14.7 Å². The van der Waals surface area contributed by atoms with Gasteiger partial charge in [0.15, 0.2) is 0 Å². The first-order valence-electron chi connectivity index (χ1n) is 2.26. The third-order valence-electron chi connectivity index (χ3n) is 0.640. The average Bonchev–Trinajstić information content (AvgIpc) is 2.20. The van der Waals surface area contributed by atoms with E-state index in [0.717, 1.165) is 5.69 Å². The SMILES string of the molecule is Cc1ccn[nH]1.O=C=O. The molecule has 1 heterocycles. The monoisotopic (exact) mass is 126 g/mol. The van der Waals surface area contributed by atoms with Crippen LogP contribution >= 0.6 is 0 Å². The Morgan fingerprint density at radius 1 is 1.67 bits per heavy atom. The molecule has 48 valence electrons. The van der Waals surface area contributed by atoms with E-state index in [0.29, 0.717) is 0 Å². The quantitative estimate of drug-likeness (QED) is 0.537. The Bertz CT molecular complexity index is 175. The van der Waals surface area contributed by atoms with E-state index in [9.17, 15) is 0 Å². The van der Waals surface area contributed by atoms with Gasteiger partial charge in [0.05, 0.1) is 0 Å². The van der Waals surface area contributed by atoms with Crippen molar-refractivity contribution in [3.8, 4) is 0 Å². The number of aromatic nitrogens is 2. The minimum atomic E-state index is 0.250. The molecule has 0 spiro atoms. The first-order chi connectivity index (χ1) is 4.31. The summed E-state index contributed by atoms with van der Waals surface area (Å²) in [6.45, 7) is 1.97. The summed E-state index contributed by atoms with van der Waals surface area (Å²) in [6.07, 6.45) is 1.98. The fraction of sp³-hybridized carbons (Fsp3) is 0.200. The molecule has 1 aromatic heterocycles. The van der Waals surface area contributed by atoms with E-state index in [1.165, 1.54) is 0 Å². The molecule has 0 bridgehead atoms. The van der Waals surface area contributed by atoms with E-state index in [-0.39, 0.29) is 6.15 Å². The Balaban J connectivity index is 0.000000187. The molecular formula is C5H6N2O2. The van der Waals surface area contributed by atoms with Crippen molar-refractivity contribution < 1.29 is 9.59 Å². The smallest absolute Gasteiger partial charge is 0.283 e. The van der Waals surface area contributed by atoms with Gasteiger partial charge in [0, 0.05) is 11.9 Å². The molecular weight excluding hydrogens is 120 g/mol. The minimum Gasteiger partial charge on any atom is -0.283 e. The molecule has 0 aliphatic rings. The van der Waals surface area contributed by atoms with Gasteiger partial charge in [0.1, 0.15) is 0 Å². The summed E-state index contributed by atoms with van der Waals surface area (Å²) in [4.78, 5) is 16.2. The van der Waals surface area contributed by atoms with Crippen LogP contribution in [0, 0.1) is 6.92 Å². The molecule has 9 heavy (non-hydrogen) atoms. The molecule has 0 aliphatic carbocycles. The highest BCUT2D eigenvalue weighted by molar-refractivity contribution is 5.20. The van der Waals surface area contributed by atoms with E-state index in [2.05, 4.69) is 10.2 Å². The van der Waals surface area contributed by atoms with Gasteiger partial charge in [0.25, 0.3) is 0 Å². The third kappa shape index (κ3) is 4.44. The number of aromatic amines is 1. The van der Waals surface area contributed by atoms with Crippen LogP contribution in [0.2, 0.25) is 0 Å². The zero-order valence-corrected chi connectivity index (χ0v) is 4.92. The third-order valence-corrected chi connectivity index (χ3v) is 0.640. The van der Waals surface area contributed by atoms with Gasteiger partial charge in [-0.25, -0.2) is 0 Å². The summed E-state index contributed by atoms with van der Waals surface area (Å²) in [7, 11) is 0. The summed E-state index contributed by atoms with van der Waals surface area (Å²) < 4.78 is 0. The molecule has 0 amide bonds. The maximum Gasteiger partial charge on any atom is 0.373 e. The predicted octanol–water partition coefficient (Wildman–Crippen LogP) is 0.135. The molecule has 0 saturated carbocycles. The summed E-state index contributed by atoms with van der Waals surface area (Å²) in [5, 5.41) is 6.45. The topological polar surface area (TPSA) is 62.8 Å². The van der Waals surface area contributed by atoms with E-state index >= 15 is 0 Å². The van der Waals surface area contributed by atoms with Crippen molar-refractivity contribution in [1.29, 1.82) is 0 Å². The Labute approximate surface area is 51.9 Å². The van der Waals surface area contributed by atoms with Crippen LogP contribution in [0.15, 0.2) is 12.3 Å². The van der Waals surface area contributed by atoms with Crippen LogP contribution in [0.1, 0.15) is 5.69 Å². The van der Waals surface area contributed by atoms with Crippen LogP contribution in [0.25, 0.3) is 0 Å². The molecule has 1 rings (SSSR count). The van der Waals surface area contributed by atoms with Gasteiger partial charge in [-0.05, 0) is 13.0 Å². The minimum absolute atomic E-state index is 0.250. The van der Waals surface area contributed by atoms with Crippen molar-refractivity contribution in [3.05, 3.63) is 18.0 Å². The molecule has 1 N–H and O–H groups in total. The molecule has 4 heteroatoms. The molecule has 0 saturated heterocycles. The van der Waals surface area contributed by atoms with Crippen molar-refractivity contribution in [2.45, 2.75) is 6.92 Å². The average molecular weight is 126 g/mol. The Kier molecular flexibility index (Phi) is 4.00. The van der Waals surface area contributed by atoms with Gasteiger partial charge in [-0.15, -0.1) is 0 Å². The molecule has 0 radical (unpaired) electrons. The maximum absolute atomic E-state index is 8.12. The Morgan fingerprint density at radius 2 is 2.22 bits per heavy atom. The lowest BCUT2D eigenvalue weighted by atomic mass is 10.5. The fourth-order valence-electron chi connectivity index (χ4n) is 0.325. The number of nitrogens with zero attached hydrogens (tertiary/aromatic N) is 1. The number of hydrogen-bond acceptors (Lipinski definition) is 3. The van der Waals surface area contributed by atoms with Crippen LogP contribution in [-0.4, -0.2) is 16.3 Å². The number of carbonyl (C=O) groups excluding carboxylic acids is 2. The lowest BCUT2D eigenvalue weighted by molar-refractivity contribution is -0.191. The number of H-pyrrole nitrogens is 1. The van der Waals surface area contributed by atoms with Gasteiger partial charge in [0.2, 0.25) is 0 Å². The molecule has 0 unspecified atom stereocenters. The summed E-state index contributed by atoms with van der Waals surface area (Å²) in [5.74, 6) is 0. The van der Waals surface area contributed by atoms with Crippen molar-refractivity contribution in [2.24, 2.45) is 0 Å². The van der Waals surface area contributed by atoms with Gasteiger partial charge >= 0.3 is 6.15 Å².